The molecule has 0 aliphatic rings. The highest BCUT2D eigenvalue weighted by molar-refractivity contribution is 5.96. The first-order chi connectivity index (χ1) is 8.56. The third kappa shape index (κ3) is 3.98. The van der Waals surface area contributed by atoms with E-state index in [9.17, 15) is 9.59 Å². The predicted molar refractivity (Wildman–Crippen MR) is 67.4 cm³/mol. The van der Waals surface area contributed by atoms with Crippen LogP contribution in [0.2, 0.25) is 0 Å². The smallest absolute Gasteiger partial charge is 0.306 e. The van der Waals surface area contributed by atoms with Gasteiger partial charge < -0.3 is 9.30 Å². The minimum absolute atomic E-state index is 0.0744. The Morgan fingerprint density at radius 2 is 2.11 bits per heavy atom. The van der Waals surface area contributed by atoms with E-state index in [-0.39, 0.29) is 30.6 Å². The molecule has 0 aliphatic carbocycles. The van der Waals surface area contributed by atoms with Crippen LogP contribution in [0.3, 0.4) is 0 Å². The fourth-order valence-corrected chi connectivity index (χ4v) is 1.56. The molecule has 0 N–H and O–H groups in total. The highest BCUT2D eigenvalue weighted by Gasteiger charge is 2.15. The first-order valence-corrected chi connectivity index (χ1v) is 6.27. The SMILES string of the molecule is CCCOC(=O)CCC(=O)c1cncn1C(C)C. The van der Waals surface area contributed by atoms with E-state index < -0.39 is 0 Å². The van der Waals surface area contributed by atoms with Crippen molar-refractivity contribution in [3.63, 3.8) is 0 Å². The molecular formula is C13H20N2O3. The van der Waals surface area contributed by atoms with Gasteiger partial charge in [-0.2, -0.15) is 0 Å². The summed E-state index contributed by atoms with van der Waals surface area (Å²) in [6.07, 6.45) is 4.26. The van der Waals surface area contributed by atoms with Crippen LogP contribution in [0, 0.1) is 0 Å². The second-order valence-corrected chi connectivity index (χ2v) is 4.42. The van der Waals surface area contributed by atoms with E-state index in [0.717, 1.165) is 6.42 Å². The highest BCUT2D eigenvalue weighted by Crippen LogP contribution is 2.12. The molecule has 0 aliphatic heterocycles. The Morgan fingerprint density at radius 3 is 2.72 bits per heavy atom. The van der Waals surface area contributed by atoms with Gasteiger partial charge in [-0.3, -0.25) is 9.59 Å². The Morgan fingerprint density at radius 1 is 1.39 bits per heavy atom. The standard InChI is InChI=1S/C13H20N2O3/c1-4-7-18-13(17)6-5-12(16)11-8-14-9-15(11)10(2)3/h8-10H,4-7H2,1-3H3. The van der Waals surface area contributed by atoms with E-state index in [1.54, 1.807) is 17.1 Å². The maximum atomic E-state index is 11.9. The molecule has 1 rings (SSSR count). The molecule has 5 nitrogen and oxygen atoms in total. The van der Waals surface area contributed by atoms with Crippen molar-refractivity contribution < 1.29 is 14.3 Å². The van der Waals surface area contributed by atoms with Crippen LogP contribution in [-0.2, 0) is 9.53 Å². The minimum atomic E-state index is -0.319. The number of ketones is 1. The van der Waals surface area contributed by atoms with Crippen LogP contribution in [0.5, 0.6) is 0 Å². The van der Waals surface area contributed by atoms with Gasteiger partial charge in [0.1, 0.15) is 5.69 Å². The largest absolute Gasteiger partial charge is 0.466 e. The van der Waals surface area contributed by atoms with Crippen molar-refractivity contribution >= 4 is 11.8 Å². The zero-order chi connectivity index (χ0) is 13.5. The number of hydrogen-bond acceptors (Lipinski definition) is 4. The highest BCUT2D eigenvalue weighted by atomic mass is 16.5. The average Bonchev–Trinajstić information content (AvgIpc) is 2.82. The molecule has 0 fully saturated rings. The Bertz CT molecular complexity index is 410. The lowest BCUT2D eigenvalue weighted by atomic mass is 10.1. The third-order valence-corrected chi connectivity index (χ3v) is 2.53. The molecule has 0 spiro atoms. The summed E-state index contributed by atoms with van der Waals surface area (Å²) in [5.41, 5.74) is 0.549. The van der Waals surface area contributed by atoms with E-state index in [0.29, 0.717) is 12.3 Å². The number of Topliss-reactive ketones (excluding diaryl/α,β-unsaturated/α-hetero) is 1. The van der Waals surface area contributed by atoms with Crippen LogP contribution < -0.4 is 0 Å². The molecule has 0 radical (unpaired) electrons. The number of carbonyl (C=O) groups is 2. The molecule has 5 heteroatoms. The topological polar surface area (TPSA) is 61.2 Å². The normalized spacial score (nSPS) is 10.7. The van der Waals surface area contributed by atoms with Gasteiger partial charge in [-0.1, -0.05) is 6.92 Å². The first kappa shape index (κ1) is 14.4. The van der Waals surface area contributed by atoms with Crippen molar-refractivity contribution in [1.82, 2.24) is 9.55 Å². The average molecular weight is 252 g/mol. The van der Waals surface area contributed by atoms with Crippen LogP contribution in [0.15, 0.2) is 12.5 Å². The summed E-state index contributed by atoms with van der Waals surface area (Å²) in [6, 6.07) is 0.179. The molecule has 18 heavy (non-hydrogen) atoms. The molecule has 1 aromatic heterocycles. The van der Waals surface area contributed by atoms with Gasteiger partial charge in [-0.25, -0.2) is 4.98 Å². The summed E-state index contributed by atoms with van der Waals surface area (Å²) < 4.78 is 6.73. The van der Waals surface area contributed by atoms with Crippen molar-refractivity contribution in [3.8, 4) is 0 Å². The molecular weight excluding hydrogens is 232 g/mol. The van der Waals surface area contributed by atoms with Crippen LogP contribution in [0.4, 0.5) is 0 Å². The lowest BCUT2D eigenvalue weighted by molar-refractivity contribution is -0.143. The number of carbonyl (C=O) groups excluding carboxylic acids is 2. The van der Waals surface area contributed by atoms with Crippen molar-refractivity contribution in [1.29, 1.82) is 0 Å². The minimum Gasteiger partial charge on any atom is -0.466 e. The van der Waals surface area contributed by atoms with Gasteiger partial charge in [-0.05, 0) is 20.3 Å². The van der Waals surface area contributed by atoms with E-state index >= 15 is 0 Å². The number of nitrogens with zero attached hydrogens (tertiary/aromatic N) is 2. The number of hydrogen-bond donors (Lipinski definition) is 0. The number of esters is 1. The van der Waals surface area contributed by atoms with Crippen molar-refractivity contribution in [2.45, 2.75) is 46.1 Å². The van der Waals surface area contributed by atoms with Gasteiger partial charge in [0.15, 0.2) is 5.78 Å². The van der Waals surface area contributed by atoms with E-state index in [1.165, 1.54) is 0 Å². The van der Waals surface area contributed by atoms with Crippen molar-refractivity contribution in [3.05, 3.63) is 18.2 Å². The summed E-state index contributed by atoms with van der Waals surface area (Å²) in [5, 5.41) is 0. The van der Waals surface area contributed by atoms with Crippen LogP contribution in [0.1, 0.15) is 56.6 Å². The zero-order valence-corrected chi connectivity index (χ0v) is 11.2. The van der Waals surface area contributed by atoms with Gasteiger partial charge >= 0.3 is 5.97 Å². The molecule has 100 valence electrons. The number of rotatable bonds is 7. The molecule has 0 aromatic carbocycles. The molecule has 1 aromatic rings. The molecule has 0 unspecified atom stereocenters. The van der Waals surface area contributed by atoms with Crippen LogP contribution in [-0.4, -0.2) is 27.9 Å². The number of aromatic nitrogens is 2. The maximum Gasteiger partial charge on any atom is 0.306 e. The Labute approximate surface area is 107 Å². The molecule has 0 atom stereocenters. The molecule has 0 bridgehead atoms. The van der Waals surface area contributed by atoms with E-state index in [1.807, 2.05) is 20.8 Å². The van der Waals surface area contributed by atoms with Crippen LogP contribution >= 0.6 is 0 Å². The second-order valence-electron chi connectivity index (χ2n) is 4.42. The predicted octanol–water partition coefficient (Wildman–Crippen LogP) is 2.38. The summed E-state index contributed by atoms with van der Waals surface area (Å²) in [6.45, 7) is 6.30. The van der Waals surface area contributed by atoms with Gasteiger partial charge in [-0.15, -0.1) is 0 Å². The molecule has 1 heterocycles. The first-order valence-electron chi connectivity index (χ1n) is 6.27. The van der Waals surface area contributed by atoms with Crippen molar-refractivity contribution in [2.24, 2.45) is 0 Å². The lowest BCUT2D eigenvalue weighted by Crippen LogP contribution is -2.13. The number of imidazole rings is 1. The van der Waals surface area contributed by atoms with Crippen LogP contribution in [0.25, 0.3) is 0 Å². The fourth-order valence-electron chi connectivity index (χ4n) is 1.56. The summed E-state index contributed by atoms with van der Waals surface area (Å²) in [4.78, 5) is 27.2. The quantitative estimate of drug-likeness (QED) is 0.552. The zero-order valence-electron chi connectivity index (χ0n) is 11.2. The van der Waals surface area contributed by atoms with E-state index in [2.05, 4.69) is 4.98 Å². The third-order valence-electron chi connectivity index (χ3n) is 2.53. The summed E-state index contributed by atoms with van der Waals surface area (Å²) in [5.74, 6) is -0.393. The maximum absolute atomic E-state index is 11.9. The number of ether oxygens (including phenoxy) is 1. The summed E-state index contributed by atoms with van der Waals surface area (Å²) in [7, 11) is 0. The van der Waals surface area contributed by atoms with Gasteiger partial charge in [0, 0.05) is 12.5 Å². The summed E-state index contributed by atoms with van der Waals surface area (Å²) >= 11 is 0. The Kier molecular flexibility index (Phi) is 5.55. The lowest BCUT2D eigenvalue weighted by Gasteiger charge is -2.10. The monoisotopic (exact) mass is 252 g/mol. The molecule has 0 amide bonds. The van der Waals surface area contributed by atoms with E-state index in [4.69, 9.17) is 4.74 Å². The fraction of sp³-hybridized carbons (Fsp3) is 0.615. The Hall–Kier alpha value is -1.65. The molecule has 0 saturated heterocycles. The van der Waals surface area contributed by atoms with Crippen molar-refractivity contribution in [2.75, 3.05) is 6.61 Å². The van der Waals surface area contributed by atoms with Gasteiger partial charge in [0.2, 0.25) is 0 Å². The van der Waals surface area contributed by atoms with Gasteiger partial charge in [0.25, 0.3) is 0 Å². The Balaban J connectivity index is 2.50. The second kappa shape index (κ2) is 6.93. The van der Waals surface area contributed by atoms with Gasteiger partial charge in [0.05, 0.1) is 25.6 Å². The molecule has 0 saturated carbocycles.